The normalized spacial score (nSPS) is 10.7. The van der Waals surface area contributed by atoms with Crippen LogP contribution in [-0.2, 0) is 0 Å². The van der Waals surface area contributed by atoms with Gasteiger partial charge in [-0.05, 0) is 25.1 Å². The lowest BCUT2D eigenvalue weighted by Crippen LogP contribution is -2.30. The van der Waals surface area contributed by atoms with Gasteiger partial charge in [0, 0.05) is 11.1 Å². The van der Waals surface area contributed by atoms with Crippen LogP contribution in [0.5, 0.6) is 5.75 Å². The van der Waals surface area contributed by atoms with Crippen molar-refractivity contribution in [2.75, 3.05) is 6.61 Å². The fourth-order valence-corrected chi connectivity index (χ4v) is 3.00. The van der Waals surface area contributed by atoms with E-state index in [0.717, 1.165) is 0 Å². The predicted octanol–water partition coefficient (Wildman–Crippen LogP) is 2.93. The highest BCUT2D eigenvalue weighted by atomic mass is 35.5. The van der Waals surface area contributed by atoms with Gasteiger partial charge in [0.05, 0.1) is 16.1 Å². The van der Waals surface area contributed by atoms with Gasteiger partial charge in [-0.1, -0.05) is 41.9 Å². The molecule has 0 bridgehead atoms. The SMILES string of the molecule is Cc1c(C(=O)NN)c2ccccc2n1C(=O)COc1ccccc1Cl. The fraction of sp³-hybridized carbons (Fsp3) is 0.111. The summed E-state index contributed by atoms with van der Waals surface area (Å²) >= 11 is 6.03. The first-order valence-electron chi connectivity index (χ1n) is 7.56. The van der Waals surface area contributed by atoms with Crippen molar-refractivity contribution in [3.8, 4) is 5.75 Å². The molecule has 3 rings (SSSR count). The van der Waals surface area contributed by atoms with Crippen molar-refractivity contribution in [3.63, 3.8) is 0 Å². The monoisotopic (exact) mass is 357 g/mol. The Morgan fingerprint density at radius 3 is 2.56 bits per heavy atom. The zero-order valence-electron chi connectivity index (χ0n) is 13.5. The van der Waals surface area contributed by atoms with Crippen molar-refractivity contribution >= 4 is 34.3 Å². The highest BCUT2D eigenvalue weighted by molar-refractivity contribution is 6.32. The quantitative estimate of drug-likeness (QED) is 0.427. The molecular weight excluding hydrogens is 342 g/mol. The number of ether oxygens (including phenoxy) is 1. The van der Waals surface area contributed by atoms with Gasteiger partial charge in [0.25, 0.3) is 11.8 Å². The average molecular weight is 358 g/mol. The fourth-order valence-electron chi connectivity index (χ4n) is 2.81. The number of hydrogen-bond acceptors (Lipinski definition) is 4. The molecule has 25 heavy (non-hydrogen) atoms. The number of halogens is 1. The van der Waals surface area contributed by atoms with Gasteiger partial charge in [0.2, 0.25) is 0 Å². The van der Waals surface area contributed by atoms with E-state index in [0.29, 0.717) is 32.9 Å². The van der Waals surface area contributed by atoms with Crippen molar-refractivity contribution in [3.05, 3.63) is 64.8 Å². The Bertz CT molecular complexity index is 965. The van der Waals surface area contributed by atoms with E-state index >= 15 is 0 Å². The largest absolute Gasteiger partial charge is 0.482 e. The third kappa shape index (κ3) is 3.09. The number of fused-ring (bicyclic) bond motifs is 1. The maximum Gasteiger partial charge on any atom is 0.269 e. The minimum Gasteiger partial charge on any atom is -0.482 e. The van der Waals surface area contributed by atoms with Crippen LogP contribution < -0.4 is 16.0 Å². The molecule has 0 radical (unpaired) electrons. The number of aromatic nitrogens is 1. The molecule has 1 heterocycles. The second kappa shape index (κ2) is 6.96. The van der Waals surface area contributed by atoms with Gasteiger partial charge in [0.1, 0.15) is 5.75 Å². The summed E-state index contributed by atoms with van der Waals surface area (Å²) in [6.07, 6.45) is 0. The number of carbonyl (C=O) groups excluding carboxylic acids is 2. The van der Waals surface area contributed by atoms with Crippen LogP contribution in [0.2, 0.25) is 5.02 Å². The van der Waals surface area contributed by atoms with Gasteiger partial charge in [-0.15, -0.1) is 0 Å². The summed E-state index contributed by atoms with van der Waals surface area (Å²) in [4.78, 5) is 24.8. The maximum atomic E-state index is 12.7. The molecule has 0 saturated heterocycles. The molecule has 1 amide bonds. The Balaban J connectivity index is 1.98. The van der Waals surface area contributed by atoms with Crippen LogP contribution in [0.3, 0.4) is 0 Å². The lowest BCUT2D eigenvalue weighted by molar-refractivity contribution is 0.0841. The van der Waals surface area contributed by atoms with E-state index in [-0.39, 0.29) is 12.5 Å². The summed E-state index contributed by atoms with van der Waals surface area (Å²) in [6.45, 7) is 1.48. The molecule has 7 heteroatoms. The first kappa shape index (κ1) is 17.0. The standard InChI is InChI=1S/C18H16ClN3O3/c1-11-17(18(24)21-20)12-6-2-4-8-14(12)22(11)16(23)10-25-15-9-5-3-7-13(15)19/h2-9H,10,20H2,1H3,(H,21,24). The van der Waals surface area contributed by atoms with Crippen LogP contribution in [0.15, 0.2) is 48.5 Å². The number of nitrogens with one attached hydrogen (secondary N) is 1. The van der Waals surface area contributed by atoms with E-state index in [1.807, 2.05) is 0 Å². The number of nitrogens with two attached hydrogens (primary N) is 1. The molecule has 2 aromatic carbocycles. The topological polar surface area (TPSA) is 86.4 Å². The van der Waals surface area contributed by atoms with E-state index in [4.69, 9.17) is 22.2 Å². The second-order valence-electron chi connectivity index (χ2n) is 5.40. The summed E-state index contributed by atoms with van der Waals surface area (Å²) < 4.78 is 6.98. The van der Waals surface area contributed by atoms with Crippen LogP contribution in [0.25, 0.3) is 10.9 Å². The molecule has 128 valence electrons. The minimum atomic E-state index is -0.452. The lowest BCUT2D eigenvalue weighted by Gasteiger charge is -2.10. The van der Waals surface area contributed by atoms with E-state index in [9.17, 15) is 9.59 Å². The van der Waals surface area contributed by atoms with E-state index in [2.05, 4.69) is 5.43 Å². The number of carbonyl (C=O) groups is 2. The third-order valence-electron chi connectivity index (χ3n) is 3.91. The summed E-state index contributed by atoms with van der Waals surface area (Å²) in [5.41, 5.74) is 3.60. The third-order valence-corrected chi connectivity index (χ3v) is 4.22. The molecule has 0 spiro atoms. The minimum absolute atomic E-state index is 0.215. The molecule has 0 atom stereocenters. The van der Waals surface area contributed by atoms with E-state index in [1.165, 1.54) is 4.57 Å². The number of rotatable bonds is 4. The molecule has 3 N–H and O–H groups in total. The van der Waals surface area contributed by atoms with Crippen LogP contribution in [0.4, 0.5) is 0 Å². The van der Waals surface area contributed by atoms with Crippen molar-refractivity contribution in [2.24, 2.45) is 5.84 Å². The number of nitrogen functional groups attached to an aromatic ring is 1. The molecule has 1 aromatic heterocycles. The zero-order chi connectivity index (χ0) is 18.0. The number of benzene rings is 2. The summed E-state index contributed by atoms with van der Waals surface area (Å²) in [6, 6.07) is 14.0. The Morgan fingerprint density at radius 1 is 1.16 bits per heavy atom. The molecule has 0 aliphatic heterocycles. The predicted molar refractivity (Wildman–Crippen MR) is 95.9 cm³/mol. The van der Waals surface area contributed by atoms with Crippen LogP contribution in [0.1, 0.15) is 20.8 Å². The number of para-hydroxylation sites is 2. The van der Waals surface area contributed by atoms with Crippen LogP contribution in [0, 0.1) is 6.92 Å². The maximum absolute atomic E-state index is 12.7. The van der Waals surface area contributed by atoms with Crippen molar-refractivity contribution in [1.29, 1.82) is 0 Å². The zero-order valence-corrected chi connectivity index (χ0v) is 14.2. The summed E-state index contributed by atoms with van der Waals surface area (Å²) in [7, 11) is 0. The highest BCUT2D eigenvalue weighted by Crippen LogP contribution is 2.27. The number of amides is 1. The van der Waals surface area contributed by atoms with Crippen LogP contribution >= 0.6 is 11.6 Å². The van der Waals surface area contributed by atoms with Crippen molar-refractivity contribution in [2.45, 2.75) is 6.92 Å². The molecule has 6 nitrogen and oxygen atoms in total. The van der Waals surface area contributed by atoms with Gasteiger partial charge < -0.3 is 4.74 Å². The Hall–Kier alpha value is -2.83. The van der Waals surface area contributed by atoms with E-state index in [1.54, 1.807) is 55.5 Å². The molecule has 0 unspecified atom stereocenters. The first-order chi connectivity index (χ1) is 12.0. The molecule has 0 aliphatic rings. The second-order valence-corrected chi connectivity index (χ2v) is 5.81. The van der Waals surface area contributed by atoms with Gasteiger partial charge >= 0.3 is 0 Å². The number of hydrazine groups is 1. The van der Waals surface area contributed by atoms with Gasteiger partial charge in [-0.2, -0.15) is 0 Å². The van der Waals surface area contributed by atoms with Gasteiger partial charge in [-0.3, -0.25) is 19.6 Å². The van der Waals surface area contributed by atoms with Crippen molar-refractivity contribution in [1.82, 2.24) is 9.99 Å². The van der Waals surface area contributed by atoms with Gasteiger partial charge in [-0.25, -0.2) is 5.84 Å². The van der Waals surface area contributed by atoms with E-state index < -0.39 is 5.91 Å². The van der Waals surface area contributed by atoms with Crippen molar-refractivity contribution < 1.29 is 14.3 Å². The first-order valence-corrected chi connectivity index (χ1v) is 7.94. The molecule has 0 aliphatic carbocycles. The Labute approximate surface area is 149 Å². The number of nitrogens with zero attached hydrogens (tertiary/aromatic N) is 1. The highest BCUT2D eigenvalue weighted by Gasteiger charge is 2.22. The molecule has 0 fully saturated rings. The van der Waals surface area contributed by atoms with Crippen LogP contribution in [-0.4, -0.2) is 23.0 Å². The summed E-state index contributed by atoms with van der Waals surface area (Å²) in [5.74, 6) is 4.92. The van der Waals surface area contributed by atoms with Gasteiger partial charge in [0.15, 0.2) is 6.61 Å². The molecule has 3 aromatic rings. The molecular formula is C18H16ClN3O3. The molecule has 0 saturated carbocycles. The average Bonchev–Trinajstić information content (AvgIpc) is 2.92. The smallest absolute Gasteiger partial charge is 0.269 e. The lowest BCUT2D eigenvalue weighted by atomic mass is 10.1. The summed E-state index contributed by atoms with van der Waals surface area (Å²) in [5, 5.41) is 1.07. The number of hydrogen-bond donors (Lipinski definition) is 2. The Morgan fingerprint density at radius 2 is 1.84 bits per heavy atom. The Kier molecular flexibility index (Phi) is 4.74.